The molecule has 2 aliphatic heterocycles. The highest BCUT2D eigenvalue weighted by Gasteiger charge is 2.48. The van der Waals surface area contributed by atoms with Crippen LogP contribution < -0.4 is 5.32 Å². The summed E-state index contributed by atoms with van der Waals surface area (Å²) in [6.07, 6.45) is -4.22. The molecule has 1 N–H and O–H groups in total. The van der Waals surface area contributed by atoms with Crippen LogP contribution in [0.2, 0.25) is 0 Å². The van der Waals surface area contributed by atoms with Gasteiger partial charge in [0.25, 0.3) is 15.9 Å². The minimum Gasteiger partial charge on any atom is -0.308 e. The van der Waals surface area contributed by atoms with Crippen LogP contribution in [0.1, 0.15) is 24.0 Å². The van der Waals surface area contributed by atoms with Gasteiger partial charge in [-0.05, 0) is 42.5 Å². The van der Waals surface area contributed by atoms with E-state index < -0.39 is 33.2 Å². The molecule has 1 aromatic heterocycles. The molecule has 0 bridgehead atoms. The Bertz CT molecular complexity index is 1360. The normalized spacial score (nSPS) is 19.1. The van der Waals surface area contributed by atoms with E-state index in [4.69, 9.17) is 0 Å². The first kappa shape index (κ1) is 22.1. The van der Waals surface area contributed by atoms with Crippen molar-refractivity contribution in [2.75, 3.05) is 13.1 Å². The molecule has 3 heterocycles. The Morgan fingerprint density at radius 2 is 1.76 bits per heavy atom. The quantitative estimate of drug-likeness (QED) is 0.599. The minimum absolute atomic E-state index is 0.0758. The maximum Gasteiger partial charge on any atom is 0.416 e. The molecule has 0 radical (unpaired) electrons. The lowest BCUT2D eigenvalue weighted by atomic mass is 9.89. The zero-order valence-electron chi connectivity index (χ0n) is 17.1. The summed E-state index contributed by atoms with van der Waals surface area (Å²) in [5.41, 5.74) is -1.85. The summed E-state index contributed by atoms with van der Waals surface area (Å²) in [5.74, 6) is -0.347. The van der Waals surface area contributed by atoms with Crippen LogP contribution >= 0.6 is 11.3 Å². The Labute approximate surface area is 191 Å². The van der Waals surface area contributed by atoms with Crippen LogP contribution in [-0.4, -0.2) is 43.1 Å². The predicted molar refractivity (Wildman–Crippen MR) is 119 cm³/mol. The smallest absolute Gasteiger partial charge is 0.308 e. The third-order valence-corrected chi connectivity index (χ3v) is 9.45. The standard InChI is InChI=1S/C22H18F3N3O3S2/c23-22(24,25)16-6-3-5-15(12-16)19-26-20(29)21(27-19)8-10-28(11-9-21)33(30,31)18-13-14-4-1-2-7-17(14)32-18/h1-7,12-13H,8-11H2,(H,26,27,29). The van der Waals surface area contributed by atoms with Crippen molar-refractivity contribution in [3.63, 3.8) is 0 Å². The topological polar surface area (TPSA) is 78.8 Å². The lowest BCUT2D eigenvalue weighted by Gasteiger charge is -2.34. The molecule has 0 aliphatic carbocycles. The highest BCUT2D eigenvalue weighted by molar-refractivity contribution is 7.91. The minimum atomic E-state index is -4.51. The van der Waals surface area contributed by atoms with Gasteiger partial charge >= 0.3 is 6.18 Å². The van der Waals surface area contributed by atoms with Gasteiger partial charge in [0.15, 0.2) is 0 Å². The number of carbonyl (C=O) groups excluding carboxylic acids is 1. The lowest BCUT2D eigenvalue weighted by molar-refractivity contribution is -0.137. The number of alkyl halides is 3. The van der Waals surface area contributed by atoms with Crippen LogP contribution in [0, 0.1) is 0 Å². The van der Waals surface area contributed by atoms with E-state index in [0.717, 1.165) is 22.2 Å². The summed E-state index contributed by atoms with van der Waals surface area (Å²) in [6, 6.07) is 13.7. The van der Waals surface area contributed by atoms with Gasteiger partial charge in [0.1, 0.15) is 15.6 Å². The molecule has 33 heavy (non-hydrogen) atoms. The van der Waals surface area contributed by atoms with E-state index in [9.17, 15) is 26.4 Å². The predicted octanol–water partition coefficient (Wildman–Crippen LogP) is 4.02. The van der Waals surface area contributed by atoms with Crippen LogP contribution in [0.5, 0.6) is 0 Å². The molecule has 0 saturated carbocycles. The average molecular weight is 494 g/mol. The Balaban J connectivity index is 1.37. The number of thiophene rings is 1. The third-order valence-electron chi connectivity index (χ3n) is 5.99. The number of halogens is 3. The third kappa shape index (κ3) is 3.83. The highest BCUT2D eigenvalue weighted by atomic mass is 32.2. The molecular weight excluding hydrogens is 475 g/mol. The number of carbonyl (C=O) groups is 1. The second-order valence-corrected chi connectivity index (χ2v) is 11.3. The molecule has 1 spiro atoms. The molecule has 172 valence electrons. The molecule has 2 aliphatic rings. The molecule has 1 amide bonds. The van der Waals surface area contributed by atoms with E-state index in [-0.39, 0.29) is 41.5 Å². The second kappa shape index (κ2) is 7.64. The van der Waals surface area contributed by atoms with Crippen LogP contribution in [0.3, 0.4) is 0 Å². The van der Waals surface area contributed by atoms with E-state index in [1.165, 1.54) is 27.8 Å². The monoisotopic (exact) mass is 493 g/mol. The van der Waals surface area contributed by atoms with Gasteiger partial charge in [-0.15, -0.1) is 11.3 Å². The number of nitrogens with zero attached hydrogens (tertiary/aromatic N) is 2. The zero-order chi connectivity index (χ0) is 23.4. The van der Waals surface area contributed by atoms with Gasteiger partial charge in [0.2, 0.25) is 0 Å². The van der Waals surface area contributed by atoms with E-state index in [1.807, 2.05) is 24.3 Å². The zero-order valence-corrected chi connectivity index (χ0v) is 18.7. The second-order valence-electron chi connectivity index (χ2n) is 8.03. The van der Waals surface area contributed by atoms with E-state index in [0.29, 0.717) is 0 Å². The number of aliphatic imine (C=N–C) groups is 1. The SMILES string of the molecule is O=C1NC(c2cccc(C(F)(F)F)c2)=NC12CCN(S(=O)(=O)c1cc3ccccc3s1)CC2. The first-order chi connectivity index (χ1) is 15.6. The molecule has 0 unspecified atom stereocenters. The number of amidine groups is 1. The van der Waals surface area contributed by atoms with E-state index in [2.05, 4.69) is 10.3 Å². The Hall–Kier alpha value is -2.76. The molecule has 11 heteroatoms. The fraction of sp³-hybridized carbons (Fsp3) is 0.273. The van der Waals surface area contributed by atoms with Crippen molar-refractivity contribution in [2.24, 2.45) is 4.99 Å². The van der Waals surface area contributed by atoms with Crippen molar-refractivity contribution in [1.82, 2.24) is 9.62 Å². The molecule has 1 fully saturated rings. The Kier molecular flexibility index (Phi) is 5.11. The fourth-order valence-electron chi connectivity index (χ4n) is 4.14. The van der Waals surface area contributed by atoms with Gasteiger partial charge in [0.05, 0.1) is 5.56 Å². The van der Waals surface area contributed by atoms with Crippen molar-refractivity contribution in [3.05, 3.63) is 65.7 Å². The number of benzene rings is 2. The molecule has 2 aromatic carbocycles. The summed E-state index contributed by atoms with van der Waals surface area (Å²) in [7, 11) is -3.73. The van der Waals surface area contributed by atoms with Crippen LogP contribution in [-0.2, 0) is 21.0 Å². The van der Waals surface area contributed by atoms with Gasteiger partial charge in [-0.25, -0.2) is 8.42 Å². The first-order valence-corrected chi connectivity index (χ1v) is 12.4. The van der Waals surface area contributed by atoms with Crippen molar-refractivity contribution in [3.8, 4) is 0 Å². The van der Waals surface area contributed by atoms with Crippen molar-refractivity contribution in [1.29, 1.82) is 0 Å². The van der Waals surface area contributed by atoms with Crippen molar-refractivity contribution >= 4 is 43.2 Å². The van der Waals surface area contributed by atoms with Crippen LogP contribution in [0.4, 0.5) is 13.2 Å². The van der Waals surface area contributed by atoms with Gasteiger partial charge in [-0.1, -0.05) is 30.3 Å². The molecule has 3 aromatic rings. The molecular formula is C22H18F3N3O3S2. The highest BCUT2D eigenvalue weighted by Crippen LogP contribution is 2.36. The number of rotatable bonds is 3. The summed E-state index contributed by atoms with van der Waals surface area (Å²) in [5, 5.41) is 3.44. The van der Waals surface area contributed by atoms with E-state index >= 15 is 0 Å². The van der Waals surface area contributed by atoms with E-state index in [1.54, 1.807) is 6.07 Å². The van der Waals surface area contributed by atoms with Crippen molar-refractivity contribution < 1.29 is 26.4 Å². The number of piperidine rings is 1. The molecule has 6 nitrogen and oxygen atoms in total. The number of hydrogen-bond acceptors (Lipinski definition) is 5. The van der Waals surface area contributed by atoms with Gasteiger partial charge < -0.3 is 5.32 Å². The fourth-order valence-corrected chi connectivity index (χ4v) is 7.14. The largest absolute Gasteiger partial charge is 0.416 e. The van der Waals surface area contributed by atoms with Crippen molar-refractivity contribution in [2.45, 2.75) is 28.8 Å². The van der Waals surface area contributed by atoms with Gasteiger partial charge in [-0.3, -0.25) is 9.79 Å². The average Bonchev–Trinajstić information content (AvgIpc) is 3.36. The molecule has 0 atom stereocenters. The number of amides is 1. The Morgan fingerprint density at radius 3 is 2.45 bits per heavy atom. The molecule has 1 saturated heterocycles. The summed E-state index contributed by atoms with van der Waals surface area (Å²) in [6.45, 7) is 0.173. The van der Waals surface area contributed by atoms with Gasteiger partial charge in [0, 0.05) is 23.4 Å². The van der Waals surface area contributed by atoms with Crippen LogP contribution in [0.25, 0.3) is 10.1 Å². The van der Waals surface area contributed by atoms with Gasteiger partial charge in [-0.2, -0.15) is 17.5 Å². The number of nitrogens with one attached hydrogen (secondary N) is 1. The maximum atomic E-state index is 13.2. The van der Waals surface area contributed by atoms with Crippen LogP contribution in [0.15, 0.2) is 63.8 Å². The number of sulfonamides is 1. The Morgan fingerprint density at radius 1 is 1.03 bits per heavy atom. The number of hydrogen-bond donors (Lipinski definition) is 1. The lowest BCUT2D eigenvalue weighted by Crippen LogP contribution is -2.50. The molecule has 5 rings (SSSR count). The first-order valence-electron chi connectivity index (χ1n) is 10.2. The summed E-state index contributed by atoms with van der Waals surface area (Å²) in [4.78, 5) is 17.2. The summed E-state index contributed by atoms with van der Waals surface area (Å²) < 4.78 is 67.9. The summed E-state index contributed by atoms with van der Waals surface area (Å²) >= 11 is 1.19. The number of fused-ring (bicyclic) bond motifs is 1. The maximum absolute atomic E-state index is 13.2.